The molecule has 0 aliphatic rings. The Hall–Kier alpha value is -0.930. The highest BCUT2D eigenvalue weighted by Crippen LogP contribution is 2.09. The Labute approximate surface area is 105 Å². The number of rotatable bonds is 7. The van der Waals surface area contributed by atoms with Gasteiger partial charge in [-0.2, -0.15) is 0 Å². The van der Waals surface area contributed by atoms with Gasteiger partial charge in [0.05, 0.1) is 5.69 Å². The summed E-state index contributed by atoms with van der Waals surface area (Å²) in [6, 6.07) is 6.07. The van der Waals surface area contributed by atoms with E-state index in [-0.39, 0.29) is 5.54 Å². The summed E-state index contributed by atoms with van der Waals surface area (Å²) in [5.74, 6) is 0. The zero-order valence-corrected chi connectivity index (χ0v) is 11.3. The standard InChI is InChI=1S/C14H25N3/c1-4-17(11-7-9-14(2,3)15)12-13-8-5-6-10-16-13/h5-6,8,10H,4,7,9,11-12,15H2,1-3H3. The quantitative estimate of drug-likeness (QED) is 0.789. The molecule has 0 spiro atoms. The molecule has 1 rings (SSSR count). The minimum atomic E-state index is -0.0512. The molecule has 17 heavy (non-hydrogen) atoms. The van der Waals surface area contributed by atoms with Crippen LogP contribution >= 0.6 is 0 Å². The van der Waals surface area contributed by atoms with Crippen LogP contribution in [-0.4, -0.2) is 28.5 Å². The Morgan fingerprint density at radius 2 is 2.12 bits per heavy atom. The molecule has 0 aliphatic heterocycles. The second-order valence-corrected chi connectivity index (χ2v) is 5.28. The first-order valence-electron chi connectivity index (χ1n) is 6.42. The van der Waals surface area contributed by atoms with Crippen molar-refractivity contribution in [3.8, 4) is 0 Å². The van der Waals surface area contributed by atoms with Crippen LogP contribution in [0.15, 0.2) is 24.4 Å². The van der Waals surface area contributed by atoms with E-state index >= 15 is 0 Å². The van der Waals surface area contributed by atoms with Crippen LogP contribution in [0.2, 0.25) is 0 Å². The van der Waals surface area contributed by atoms with Crippen molar-refractivity contribution in [2.24, 2.45) is 5.73 Å². The lowest BCUT2D eigenvalue weighted by Crippen LogP contribution is -2.33. The summed E-state index contributed by atoms with van der Waals surface area (Å²) in [6.07, 6.45) is 4.06. The average molecular weight is 235 g/mol. The summed E-state index contributed by atoms with van der Waals surface area (Å²) >= 11 is 0. The molecule has 0 amide bonds. The van der Waals surface area contributed by atoms with Crippen molar-refractivity contribution in [1.82, 2.24) is 9.88 Å². The lowest BCUT2D eigenvalue weighted by Gasteiger charge is -2.23. The summed E-state index contributed by atoms with van der Waals surface area (Å²) in [6.45, 7) is 9.44. The van der Waals surface area contributed by atoms with Gasteiger partial charge in [0.1, 0.15) is 0 Å². The Balaban J connectivity index is 2.34. The van der Waals surface area contributed by atoms with Gasteiger partial charge < -0.3 is 5.73 Å². The predicted molar refractivity (Wildman–Crippen MR) is 72.7 cm³/mol. The van der Waals surface area contributed by atoms with Crippen LogP contribution in [0.4, 0.5) is 0 Å². The minimum absolute atomic E-state index is 0.0512. The number of nitrogens with zero attached hydrogens (tertiary/aromatic N) is 2. The van der Waals surface area contributed by atoms with E-state index < -0.39 is 0 Å². The average Bonchev–Trinajstić information content (AvgIpc) is 2.27. The molecule has 0 saturated carbocycles. The molecule has 0 aromatic carbocycles. The number of hydrogen-bond acceptors (Lipinski definition) is 3. The van der Waals surface area contributed by atoms with Crippen molar-refractivity contribution in [3.63, 3.8) is 0 Å². The second kappa shape index (κ2) is 6.72. The van der Waals surface area contributed by atoms with Crippen LogP contribution in [0.5, 0.6) is 0 Å². The molecule has 3 heteroatoms. The van der Waals surface area contributed by atoms with Gasteiger partial charge in [0.2, 0.25) is 0 Å². The second-order valence-electron chi connectivity index (χ2n) is 5.28. The first-order valence-corrected chi connectivity index (χ1v) is 6.42. The molecular weight excluding hydrogens is 210 g/mol. The third-order valence-electron chi connectivity index (χ3n) is 2.85. The van der Waals surface area contributed by atoms with Crippen molar-refractivity contribution < 1.29 is 0 Å². The van der Waals surface area contributed by atoms with Gasteiger partial charge in [-0.25, -0.2) is 0 Å². The van der Waals surface area contributed by atoms with E-state index in [0.717, 1.165) is 38.2 Å². The van der Waals surface area contributed by atoms with Gasteiger partial charge in [0.15, 0.2) is 0 Å². The van der Waals surface area contributed by atoms with Crippen molar-refractivity contribution in [3.05, 3.63) is 30.1 Å². The number of nitrogens with two attached hydrogens (primary N) is 1. The van der Waals surface area contributed by atoms with Gasteiger partial charge in [-0.05, 0) is 51.9 Å². The lowest BCUT2D eigenvalue weighted by molar-refractivity contribution is 0.261. The molecule has 96 valence electrons. The monoisotopic (exact) mass is 235 g/mol. The van der Waals surface area contributed by atoms with Crippen LogP contribution < -0.4 is 5.73 Å². The zero-order chi connectivity index (χ0) is 12.7. The molecule has 0 radical (unpaired) electrons. The Kier molecular flexibility index (Phi) is 5.59. The molecule has 0 unspecified atom stereocenters. The zero-order valence-electron chi connectivity index (χ0n) is 11.3. The third kappa shape index (κ3) is 6.39. The molecule has 0 bridgehead atoms. The smallest absolute Gasteiger partial charge is 0.0543 e. The molecule has 1 heterocycles. The summed E-state index contributed by atoms with van der Waals surface area (Å²) in [5, 5.41) is 0. The highest BCUT2D eigenvalue weighted by atomic mass is 15.1. The molecule has 1 aromatic rings. The topological polar surface area (TPSA) is 42.1 Å². The number of aromatic nitrogens is 1. The Morgan fingerprint density at radius 1 is 1.35 bits per heavy atom. The molecular formula is C14H25N3. The molecule has 3 nitrogen and oxygen atoms in total. The van der Waals surface area contributed by atoms with Gasteiger partial charge in [0, 0.05) is 18.3 Å². The van der Waals surface area contributed by atoms with Gasteiger partial charge in [-0.1, -0.05) is 13.0 Å². The highest BCUT2D eigenvalue weighted by Gasteiger charge is 2.11. The molecule has 2 N–H and O–H groups in total. The van der Waals surface area contributed by atoms with E-state index in [2.05, 4.69) is 36.7 Å². The largest absolute Gasteiger partial charge is 0.326 e. The maximum Gasteiger partial charge on any atom is 0.0543 e. The van der Waals surface area contributed by atoms with Crippen LogP contribution in [-0.2, 0) is 6.54 Å². The van der Waals surface area contributed by atoms with E-state index in [1.165, 1.54) is 0 Å². The SMILES string of the molecule is CCN(CCCC(C)(C)N)Cc1ccccn1. The van der Waals surface area contributed by atoms with Crippen molar-refractivity contribution in [2.45, 2.75) is 45.7 Å². The summed E-state index contributed by atoms with van der Waals surface area (Å²) in [4.78, 5) is 6.77. The van der Waals surface area contributed by atoms with Crippen molar-refractivity contribution >= 4 is 0 Å². The first-order chi connectivity index (χ1) is 8.01. The fourth-order valence-electron chi connectivity index (χ4n) is 1.83. The molecule has 1 aromatic heterocycles. The molecule has 0 aliphatic carbocycles. The maximum absolute atomic E-state index is 5.98. The summed E-state index contributed by atoms with van der Waals surface area (Å²) in [5.41, 5.74) is 7.07. The molecule has 0 atom stereocenters. The van der Waals surface area contributed by atoms with Gasteiger partial charge in [0.25, 0.3) is 0 Å². The summed E-state index contributed by atoms with van der Waals surface area (Å²) in [7, 11) is 0. The van der Waals surface area contributed by atoms with E-state index in [4.69, 9.17) is 5.73 Å². The molecule has 0 fully saturated rings. The lowest BCUT2D eigenvalue weighted by atomic mass is 10.00. The molecule has 0 saturated heterocycles. The van der Waals surface area contributed by atoms with E-state index in [1.807, 2.05) is 18.3 Å². The van der Waals surface area contributed by atoms with Gasteiger partial charge in [-0.3, -0.25) is 9.88 Å². The van der Waals surface area contributed by atoms with Crippen molar-refractivity contribution in [1.29, 1.82) is 0 Å². The van der Waals surface area contributed by atoms with E-state index in [9.17, 15) is 0 Å². The number of hydrogen-bond donors (Lipinski definition) is 1. The van der Waals surface area contributed by atoms with Gasteiger partial charge >= 0.3 is 0 Å². The van der Waals surface area contributed by atoms with Crippen LogP contribution in [0.25, 0.3) is 0 Å². The number of pyridine rings is 1. The first kappa shape index (κ1) is 14.1. The van der Waals surface area contributed by atoms with E-state index in [0.29, 0.717) is 0 Å². The van der Waals surface area contributed by atoms with E-state index in [1.54, 1.807) is 0 Å². The maximum atomic E-state index is 5.98. The fraction of sp³-hybridized carbons (Fsp3) is 0.643. The van der Waals surface area contributed by atoms with Crippen LogP contribution in [0.3, 0.4) is 0 Å². The normalized spacial score (nSPS) is 12.1. The Morgan fingerprint density at radius 3 is 2.65 bits per heavy atom. The predicted octanol–water partition coefficient (Wildman–Crippen LogP) is 2.42. The minimum Gasteiger partial charge on any atom is -0.326 e. The third-order valence-corrected chi connectivity index (χ3v) is 2.85. The van der Waals surface area contributed by atoms with Gasteiger partial charge in [-0.15, -0.1) is 0 Å². The van der Waals surface area contributed by atoms with Crippen LogP contribution in [0, 0.1) is 0 Å². The highest BCUT2D eigenvalue weighted by molar-refractivity contribution is 5.03. The van der Waals surface area contributed by atoms with Crippen LogP contribution in [0.1, 0.15) is 39.3 Å². The van der Waals surface area contributed by atoms with Crippen molar-refractivity contribution in [2.75, 3.05) is 13.1 Å². The fourth-order valence-corrected chi connectivity index (χ4v) is 1.83. The Bertz CT molecular complexity index is 303. The summed E-state index contributed by atoms with van der Waals surface area (Å²) < 4.78 is 0.